The van der Waals surface area contributed by atoms with E-state index in [1.807, 2.05) is 30.3 Å². The molecule has 1 N–H and O–H groups in total. The summed E-state index contributed by atoms with van der Waals surface area (Å²) in [5.74, 6) is -0.797. The van der Waals surface area contributed by atoms with Crippen LogP contribution < -0.4 is 4.90 Å². The van der Waals surface area contributed by atoms with Gasteiger partial charge in [-0.3, -0.25) is 4.79 Å². The van der Waals surface area contributed by atoms with Crippen molar-refractivity contribution < 1.29 is 14.3 Å². The molecule has 0 radical (unpaired) electrons. The highest BCUT2D eigenvalue weighted by molar-refractivity contribution is 9.10. The summed E-state index contributed by atoms with van der Waals surface area (Å²) in [7, 11) is 0. The monoisotopic (exact) mass is 449 g/mol. The zero-order valence-corrected chi connectivity index (χ0v) is 16.9. The van der Waals surface area contributed by atoms with Crippen molar-refractivity contribution in [3.05, 3.63) is 124 Å². The Bertz CT molecular complexity index is 1110. The summed E-state index contributed by atoms with van der Waals surface area (Å²) in [6.07, 6.45) is 0. The van der Waals surface area contributed by atoms with Gasteiger partial charge in [0.2, 0.25) is 0 Å². The summed E-state index contributed by atoms with van der Waals surface area (Å²) in [6.45, 7) is 4.00. The van der Waals surface area contributed by atoms with Gasteiger partial charge >= 0.3 is 0 Å². The van der Waals surface area contributed by atoms with Crippen LogP contribution in [-0.4, -0.2) is 10.9 Å². The van der Waals surface area contributed by atoms with Gasteiger partial charge in [-0.2, -0.15) is 0 Å². The van der Waals surface area contributed by atoms with Crippen molar-refractivity contribution in [1.29, 1.82) is 0 Å². The van der Waals surface area contributed by atoms with Gasteiger partial charge < -0.3 is 10.0 Å². The molecule has 0 bridgehead atoms. The van der Waals surface area contributed by atoms with Gasteiger partial charge in [-0.1, -0.05) is 65.0 Å². The molecule has 29 heavy (non-hydrogen) atoms. The van der Waals surface area contributed by atoms with E-state index < -0.39 is 6.04 Å². The molecular weight excluding hydrogens is 433 g/mol. The smallest absolute Gasteiger partial charge is 0.195 e. The second kappa shape index (κ2) is 7.68. The first-order valence-corrected chi connectivity index (χ1v) is 9.79. The maximum absolute atomic E-state index is 13.5. The lowest BCUT2D eigenvalue weighted by Gasteiger charge is -2.29. The number of anilines is 1. The number of Topliss-reactive ketones (excluding diaryl/α,β-unsaturated/α-hetero) is 1. The van der Waals surface area contributed by atoms with Gasteiger partial charge in [0.1, 0.15) is 11.6 Å². The molecule has 1 heterocycles. The molecule has 0 aromatic heterocycles. The van der Waals surface area contributed by atoms with Crippen LogP contribution >= 0.6 is 15.9 Å². The Morgan fingerprint density at radius 2 is 1.59 bits per heavy atom. The number of carbonyl (C=O) groups excluding carboxylic acids is 1. The van der Waals surface area contributed by atoms with Gasteiger partial charge in [0.05, 0.1) is 17.3 Å². The minimum absolute atomic E-state index is 0.156. The quantitative estimate of drug-likeness (QED) is 0.471. The highest BCUT2D eigenvalue weighted by Gasteiger charge is 2.41. The molecule has 3 aromatic rings. The molecule has 4 rings (SSSR count). The lowest BCUT2D eigenvalue weighted by molar-refractivity contribution is 0.102. The molecule has 5 heteroatoms. The van der Waals surface area contributed by atoms with E-state index in [9.17, 15) is 14.3 Å². The Hall–Kier alpha value is -3.18. The first kappa shape index (κ1) is 19.2. The number of nitrogens with zero attached hydrogens (tertiary/aromatic N) is 1. The number of carbonyl (C=O) groups is 1. The average molecular weight is 450 g/mol. The predicted molar refractivity (Wildman–Crippen MR) is 115 cm³/mol. The number of aliphatic hydroxyl groups excluding tert-OH is 1. The van der Waals surface area contributed by atoms with E-state index >= 15 is 0 Å². The minimum atomic E-state index is -0.589. The first-order valence-electron chi connectivity index (χ1n) is 9.00. The molecule has 1 aliphatic rings. The zero-order valence-electron chi connectivity index (χ0n) is 15.3. The molecule has 144 valence electrons. The third-order valence-electron chi connectivity index (χ3n) is 4.92. The average Bonchev–Trinajstić information content (AvgIpc) is 3.00. The van der Waals surface area contributed by atoms with Crippen molar-refractivity contribution in [1.82, 2.24) is 0 Å². The number of hydrogen-bond donors (Lipinski definition) is 1. The molecule has 1 aliphatic heterocycles. The van der Waals surface area contributed by atoms with Gasteiger partial charge in [0.25, 0.3) is 0 Å². The second-order valence-electron chi connectivity index (χ2n) is 6.70. The highest BCUT2D eigenvalue weighted by atomic mass is 79.9. The van der Waals surface area contributed by atoms with Crippen LogP contribution in [0.3, 0.4) is 0 Å². The zero-order chi connectivity index (χ0) is 20.5. The van der Waals surface area contributed by atoms with Crippen molar-refractivity contribution in [2.45, 2.75) is 6.04 Å². The van der Waals surface area contributed by atoms with Crippen LogP contribution in [0.2, 0.25) is 0 Å². The standard InChI is InChI=1S/C24H17BrFNO2/c1-15-23(28)21(24(29)17-5-3-2-4-6-17)22(16-7-9-18(25)10-8-16)27(15)20-13-11-19(26)12-14-20/h2-14,22,28H,1H2. The summed E-state index contributed by atoms with van der Waals surface area (Å²) in [4.78, 5) is 15.1. The topological polar surface area (TPSA) is 40.5 Å². The molecule has 3 nitrogen and oxygen atoms in total. The van der Waals surface area contributed by atoms with Gasteiger partial charge in [-0.25, -0.2) is 4.39 Å². The van der Waals surface area contributed by atoms with Crippen LogP contribution in [0, 0.1) is 5.82 Å². The van der Waals surface area contributed by atoms with E-state index in [0.29, 0.717) is 16.9 Å². The summed E-state index contributed by atoms with van der Waals surface area (Å²) in [6, 6.07) is 21.6. The number of halogens is 2. The van der Waals surface area contributed by atoms with Crippen molar-refractivity contribution in [2.24, 2.45) is 0 Å². The third kappa shape index (κ3) is 3.49. The van der Waals surface area contributed by atoms with Crippen molar-refractivity contribution in [3.63, 3.8) is 0 Å². The lowest BCUT2D eigenvalue weighted by Crippen LogP contribution is -2.25. The van der Waals surface area contributed by atoms with E-state index in [1.54, 1.807) is 41.3 Å². The molecule has 0 fully saturated rings. The number of ketones is 1. The number of hydrogen-bond acceptors (Lipinski definition) is 3. The summed E-state index contributed by atoms with van der Waals surface area (Å²) in [5, 5.41) is 10.9. The third-order valence-corrected chi connectivity index (χ3v) is 5.45. The SMILES string of the molecule is C=C1C(O)=C(C(=O)c2ccccc2)C(c2ccc(Br)cc2)N1c1ccc(F)cc1. The Kier molecular flexibility index (Phi) is 5.07. The molecule has 1 unspecified atom stereocenters. The normalized spacial score (nSPS) is 16.4. The molecular formula is C24H17BrFNO2. The Morgan fingerprint density at radius 3 is 2.21 bits per heavy atom. The molecule has 0 amide bonds. The molecule has 1 atom stereocenters. The molecule has 0 saturated heterocycles. The van der Waals surface area contributed by atoms with E-state index in [0.717, 1.165) is 10.0 Å². The number of rotatable bonds is 4. The van der Waals surface area contributed by atoms with Gasteiger partial charge in [0.15, 0.2) is 5.78 Å². The largest absolute Gasteiger partial charge is 0.505 e. The van der Waals surface area contributed by atoms with Gasteiger partial charge in [-0.15, -0.1) is 0 Å². The Morgan fingerprint density at radius 1 is 0.966 bits per heavy atom. The molecule has 0 aliphatic carbocycles. The maximum Gasteiger partial charge on any atom is 0.195 e. The van der Waals surface area contributed by atoms with E-state index in [-0.39, 0.29) is 22.9 Å². The lowest BCUT2D eigenvalue weighted by atomic mass is 9.92. The fourth-order valence-corrected chi connectivity index (χ4v) is 3.79. The van der Waals surface area contributed by atoms with E-state index in [1.165, 1.54) is 12.1 Å². The second-order valence-corrected chi connectivity index (χ2v) is 7.62. The minimum Gasteiger partial charge on any atom is -0.505 e. The van der Waals surface area contributed by atoms with Crippen LogP contribution in [0.25, 0.3) is 0 Å². The van der Waals surface area contributed by atoms with Crippen LogP contribution in [0.1, 0.15) is 22.0 Å². The molecule has 0 saturated carbocycles. The van der Waals surface area contributed by atoms with Crippen LogP contribution in [0.5, 0.6) is 0 Å². The Balaban J connectivity index is 1.87. The molecule has 3 aromatic carbocycles. The van der Waals surface area contributed by atoms with Gasteiger partial charge in [-0.05, 0) is 42.0 Å². The van der Waals surface area contributed by atoms with Crippen LogP contribution in [0.4, 0.5) is 10.1 Å². The maximum atomic E-state index is 13.5. The van der Waals surface area contributed by atoms with Crippen LogP contribution in [-0.2, 0) is 0 Å². The van der Waals surface area contributed by atoms with Crippen molar-refractivity contribution >= 4 is 27.4 Å². The Labute approximate surface area is 176 Å². The molecule has 0 spiro atoms. The number of benzene rings is 3. The fourth-order valence-electron chi connectivity index (χ4n) is 3.53. The van der Waals surface area contributed by atoms with Gasteiger partial charge in [0, 0.05) is 15.7 Å². The number of aliphatic hydroxyl groups is 1. The van der Waals surface area contributed by atoms with Crippen molar-refractivity contribution in [2.75, 3.05) is 4.90 Å². The first-order chi connectivity index (χ1) is 14.0. The summed E-state index contributed by atoms with van der Waals surface area (Å²) in [5.41, 5.74) is 2.45. The van der Waals surface area contributed by atoms with E-state index in [2.05, 4.69) is 22.5 Å². The summed E-state index contributed by atoms with van der Waals surface area (Å²) >= 11 is 3.43. The fraction of sp³-hybridized carbons (Fsp3) is 0.0417. The summed E-state index contributed by atoms with van der Waals surface area (Å²) < 4.78 is 14.4. The van der Waals surface area contributed by atoms with Crippen molar-refractivity contribution in [3.8, 4) is 0 Å². The highest BCUT2D eigenvalue weighted by Crippen LogP contribution is 2.45. The van der Waals surface area contributed by atoms with E-state index in [4.69, 9.17) is 0 Å². The predicted octanol–water partition coefficient (Wildman–Crippen LogP) is 6.36. The van der Waals surface area contributed by atoms with Crippen LogP contribution in [0.15, 0.2) is 107 Å².